The molecule has 2 aromatic carbocycles. The van der Waals surface area contributed by atoms with Crippen LogP contribution in [-0.4, -0.2) is 107 Å². The number of nitrogens with zero attached hydrogens (tertiary/aromatic N) is 1. The van der Waals surface area contributed by atoms with Gasteiger partial charge in [0.25, 0.3) is 5.91 Å². The highest BCUT2D eigenvalue weighted by atomic mass is 32.2. The van der Waals surface area contributed by atoms with Gasteiger partial charge in [-0.2, -0.15) is 4.31 Å². The molecule has 262 valence electrons. The number of ether oxygens (including phenoxy) is 4. The van der Waals surface area contributed by atoms with Gasteiger partial charge in [0.05, 0.1) is 24.7 Å². The molecule has 8 N–H and O–H groups in total. The Morgan fingerprint density at radius 2 is 1.70 bits per heavy atom. The normalized spacial score (nSPS) is 24.1. The second-order valence-corrected chi connectivity index (χ2v) is 12.9. The van der Waals surface area contributed by atoms with E-state index in [2.05, 4.69) is 10.1 Å². The highest BCUT2D eigenvalue weighted by Crippen LogP contribution is 2.47. The van der Waals surface area contributed by atoms with E-state index < -0.39 is 72.4 Å². The molecule has 2 saturated heterocycles. The fourth-order valence-electron chi connectivity index (χ4n) is 4.93. The van der Waals surface area contributed by atoms with Gasteiger partial charge < -0.3 is 55.3 Å². The molecule has 0 spiro atoms. The van der Waals surface area contributed by atoms with Crippen LogP contribution in [0.15, 0.2) is 53.4 Å². The molecule has 2 aromatic rings. The smallest absolute Gasteiger partial charge is 0.407 e. The lowest BCUT2D eigenvalue weighted by molar-refractivity contribution is -0.439. The Hall–Kier alpha value is -2.75. The van der Waals surface area contributed by atoms with Crippen molar-refractivity contribution in [3.05, 3.63) is 59.7 Å². The number of carbonyl (C=O) groups excluding carboxylic acids is 1. The highest BCUT2D eigenvalue weighted by Gasteiger charge is 2.70. The zero-order chi connectivity index (χ0) is 35.0. The standard InChI is InChI=1S/C29H37F3N2O12S/c1-16-4-6-17(7-5-16)14-21(33-24(36)46-26(38)20-12-13-43-23(20)45-28(26,41)42)22(35)15-34(27(39,40)25(2,3)37)47-19-10-8-18(9-11-19)44-29(30,31)32/h4-11,20-23,35,37-42H,12-15H2,1-3H3,(H,33,36). The maximum atomic E-state index is 13.1. The number of hydrogen-bond donors (Lipinski definition) is 8. The number of halogens is 3. The summed E-state index contributed by atoms with van der Waals surface area (Å²) >= 11 is 0.554. The van der Waals surface area contributed by atoms with Crippen LogP contribution in [0.1, 0.15) is 31.4 Å². The van der Waals surface area contributed by atoms with Gasteiger partial charge in [-0.3, -0.25) is 4.74 Å². The Labute approximate surface area is 271 Å². The predicted molar refractivity (Wildman–Crippen MR) is 154 cm³/mol. The van der Waals surface area contributed by atoms with Crippen molar-refractivity contribution in [3.8, 4) is 5.75 Å². The molecule has 0 bridgehead atoms. The minimum absolute atomic E-state index is 0.0499. The van der Waals surface area contributed by atoms with Crippen molar-refractivity contribution < 1.29 is 72.7 Å². The number of rotatable bonds is 12. The van der Waals surface area contributed by atoms with Crippen LogP contribution in [0.3, 0.4) is 0 Å². The van der Waals surface area contributed by atoms with Crippen molar-refractivity contribution in [1.29, 1.82) is 0 Å². The second-order valence-electron chi connectivity index (χ2n) is 11.8. The quantitative estimate of drug-likeness (QED) is 0.115. The first-order valence-electron chi connectivity index (χ1n) is 14.3. The number of alkyl carbamates (subject to hydrolysis) is 1. The molecule has 2 fully saturated rings. The van der Waals surface area contributed by atoms with Crippen molar-refractivity contribution in [2.75, 3.05) is 13.2 Å². The number of benzene rings is 2. The zero-order valence-electron chi connectivity index (χ0n) is 25.4. The molecular formula is C29H37F3N2O12S. The molecule has 2 aliphatic rings. The Morgan fingerprint density at radius 1 is 1.09 bits per heavy atom. The third-order valence-corrected chi connectivity index (χ3v) is 8.78. The van der Waals surface area contributed by atoms with E-state index in [-0.39, 0.29) is 24.3 Å². The number of nitrogens with one attached hydrogen (secondary N) is 1. The molecule has 4 rings (SSSR count). The second kappa shape index (κ2) is 13.6. The number of hydrogen-bond acceptors (Lipinski definition) is 14. The van der Waals surface area contributed by atoms with Gasteiger partial charge in [0.2, 0.25) is 0 Å². The summed E-state index contributed by atoms with van der Waals surface area (Å²) in [4.78, 5) is 13.3. The van der Waals surface area contributed by atoms with Gasteiger partial charge in [-0.1, -0.05) is 29.8 Å². The SMILES string of the molecule is Cc1ccc(CC(NC(=O)OC2(O)C3CCOC3OC2(O)O)C(O)CN(Sc2ccc(OC(F)(F)F)cc2)C(O)(O)C(C)(C)O)cc1. The van der Waals surface area contributed by atoms with Crippen LogP contribution < -0.4 is 10.1 Å². The van der Waals surface area contributed by atoms with Gasteiger partial charge >= 0.3 is 24.2 Å². The van der Waals surface area contributed by atoms with E-state index in [0.717, 1.165) is 35.8 Å². The molecule has 0 aromatic heterocycles. The lowest BCUT2D eigenvalue weighted by Gasteiger charge is -2.43. The summed E-state index contributed by atoms with van der Waals surface area (Å²) in [5.41, 5.74) is -0.760. The number of aliphatic hydroxyl groups excluding tert-OH is 1. The first-order chi connectivity index (χ1) is 21.6. The van der Waals surface area contributed by atoms with Crippen molar-refractivity contribution in [2.45, 2.75) is 86.6 Å². The summed E-state index contributed by atoms with van der Waals surface area (Å²) in [6.45, 7) is 3.33. The van der Waals surface area contributed by atoms with Crippen molar-refractivity contribution >= 4 is 18.0 Å². The monoisotopic (exact) mass is 694 g/mol. The maximum absolute atomic E-state index is 13.1. The highest BCUT2D eigenvalue weighted by molar-refractivity contribution is 7.97. The van der Waals surface area contributed by atoms with E-state index in [1.54, 1.807) is 24.3 Å². The first-order valence-corrected chi connectivity index (χ1v) is 15.1. The predicted octanol–water partition coefficient (Wildman–Crippen LogP) is 1.03. The van der Waals surface area contributed by atoms with Crippen molar-refractivity contribution in [3.63, 3.8) is 0 Å². The third-order valence-electron chi connectivity index (χ3n) is 7.68. The topological polar surface area (TPSA) is 211 Å². The van der Waals surface area contributed by atoms with Crippen LogP contribution in [-0.2, 0) is 20.6 Å². The van der Waals surface area contributed by atoms with Crippen LogP contribution in [0.4, 0.5) is 18.0 Å². The van der Waals surface area contributed by atoms with Crippen LogP contribution in [0.25, 0.3) is 0 Å². The summed E-state index contributed by atoms with van der Waals surface area (Å²) in [6.07, 6.45) is -9.38. The number of carbonyl (C=O) groups is 1. The van der Waals surface area contributed by atoms with Gasteiger partial charge in [0, 0.05) is 11.4 Å². The lowest BCUT2D eigenvalue weighted by atomic mass is 9.97. The zero-order valence-corrected chi connectivity index (χ0v) is 26.2. The van der Waals surface area contributed by atoms with Gasteiger partial charge in [-0.25, -0.2) is 4.79 Å². The number of aliphatic hydroxyl groups is 7. The summed E-state index contributed by atoms with van der Waals surface area (Å²) in [5.74, 6) is -11.1. The molecule has 0 saturated carbocycles. The number of alkyl halides is 3. The molecular weight excluding hydrogens is 657 g/mol. The Kier molecular flexibility index (Phi) is 10.8. The molecule has 1 amide bonds. The van der Waals surface area contributed by atoms with Crippen LogP contribution in [0.2, 0.25) is 0 Å². The minimum Gasteiger partial charge on any atom is -0.407 e. The molecule has 5 atom stereocenters. The van der Waals surface area contributed by atoms with Gasteiger partial charge in [-0.15, -0.1) is 13.2 Å². The number of amides is 1. The van der Waals surface area contributed by atoms with Crippen LogP contribution in [0, 0.1) is 12.8 Å². The van der Waals surface area contributed by atoms with Gasteiger partial charge in [-0.05, 0) is 75.4 Å². The summed E-state index contributed by atoms with van der Waals surface area (Å²) in [7, 11) is 0. The number of fused-ring (bicyclic) bond motifs is 1. The molecule has 47 heavy (non-hydrogen) atoms. The average Bonchev–Trinajstić information content (AvgIpc) is 3.47. The van der Waals surface area contributed by atoms with E-state index >= 15 is 0 Å². The molecule has 2 heterocycles. The first kappa shape index (κ1) is 37.1. The van der Waals surface area contributed by atoms with Gasteiger partial charge in [0.15, 0.2) is 6.29 Å². The van der Waals surface area contributed by atoms with Crippen molar-refractivity contribution in [1.82, 2.24) is 9.62 Å². The van der Waals surface area contributed by atoms with Crippen LogP contribution in [0.5, 0.6) is 5.75 Å². The molecule has 14 nitrogen and oxygen atoms in total. The molecule has 2 aliphatic heterocycles. The van der Waals surface area contributed by atoms with E-state index in [9.17, 15) is 53.7 Å². The fourth-order valence-corrected chi connectivity index (χ4v) is 6.02. The molecule has 5 unspecified atom stereocenters. The Balaban J connectivity index is 1.58. The lowest BCUT2D eigenvalue weighted by Crippen LogP contribution is -2.63. The molecule has 0 radical (unpaired) electrons. The Bertz CT molecular complexity index is 1370. The van der Waals surface area contributed by atoms with Crippen LogP contribution >= 0.6 is 11.9 Å². The van der Waals surface area contributed by atoms with E-state index in [1.807, 2.05) is 6.92 Å². The van der Waals surface area contributed by atoms with E-state index in [4.69, 9.17) is 14.2 Å². The third kappa shape index (κ3) is 8.65. The number of aryl methyl sites for hydroxylation is 1. The largest absolute Gasteiger partial charge is 0.573 e. The molecule has 0 aliphatic carbocycles. The van der Waals surface area contributed by atoms with Crippen molar-refractivity contribution in [2.24, 2.45) is 5.92 Å². The maximum Gasteiger partial charge on any atom is 0.573 e. The molecule has 18 heteroatoms. The van der Waals surface area contributed by atoms with Gasteiger partial charge in [0.1, 0.15) is 11.4 Å². The summed E-state index contributed by atoms with van der Waals surface area (Å²) in [5, 5.41) is 77.8. The Morgan fingerprint density at radius 3 is 2.28 bits per heavy atom. The van der Waals surface area contributed by atoms with E-state index in [0.29, 0.717) is 17.5 Å². The summed E-state index contributed by atoms with van der Waals surface area (Å²) in [6, 6.07) is 9.89. The fraction of sp³-hybridized carbons (Fsp3) is 0.552. The van der Waals surface area contributed by atoms with E-state index in [1.165, 1.54) is 12.1 Å². The minimum atomic E-state index is -4.94. The average molecular weight is 695 g/mol. The summed E-state index contributed by atoms with van der Waals surface area (Å²) < 4.78 is 57.6.